The van der Waals surface area contributed by atoms with Gasteiger partial charge in [0.05, 0.1) is 79.0 Å². The Kier molecular flexibility index (Phi) is 27.1. The number of carboxylic acid groups (broad SMARTS) is 1. The van der Waals surface area contributed by atoms with E-state index in [4.69, 9.17) is 60.3 Å². The smallest absolute Gasteiger partial charge is 0.408 e. The van der Waals surface area contributed by atoms with Crippen LogP contribution in [-0.2, 0) is 33.4 Å². The Morgan fingerprint density at radius 1 is 0.622 bits per heavy atom. The summed E-state index contributed by atoms with van der Waals surface area (Å²) in [4.78, 5) is 97.3. The van der Waals surface area contributed by atoms with Gasteiger partial charge in [0.2, 0.25) is 11.8 Å². The van der Waals surface area contributed by atoms with Crippen LogP contribution in [0.15, 0.2) is 114 Å². The number of ether oxygens (including phenoxy) is 7. The number of carbonyl (C=O) groups is 6. The summed E-state index contributed by atoms with van der Waals surface area (Å²) < 4.78 is 40.5. The van der Waals surface area contributed by atoms with E-state index in [9.17, 15) is 33.9 Å². The Labute approximate surface area is 585 Å². The molecule has 0 aliphatic carbocycles. The SMILES string of the molecule is CCC[C@H](N=C(SC)[C@@H]1C[C@@H](Oc2cc(-c3ccccc3)nc3cc(OC)ccc23)CN1C(=O)[C@@H](NC(=O)OC(C)(C)C)C(C)C)C(=O)OC.CCC[C@H](NC(=S)[C@@H]1C[C@@H](Oc2cc(-c3ccccc3)nc3cc(OC)ccc23)CN1C(=O)[C@@H](NC(=O)OC(C)(C)C)C(C)C)C(=O)O. The highest BCUT2D eigenvalue weighted by Crippen LogP contribution is 2.38. The second kappa shape index (κ2) is 34.6. The third-order valence-electron chi connectivity index (χ3n) is 16.3. The molecule has 4 amide bonds. The minimum absolute atomic E-state index is 0.149. The lowest BCUT2D eigenvalue weighted by atomic mass is 10.0. The van der Waals surface area contributed by atoms with E-state index >= 15 is 0 Å². The predicted octanol–water partition coefficient (Wildman–Crippen LogP) is 12.9. The van der Waals surface area contributed by atoms with Crippen LogP contribution >= 0.6 is 24.0 Å². The Morgan fingerprint density at radius 3 is 1.43 bits per heavy atom. The molecule has 528 valence electrons. The number of alkyl carbamates (subject to hydrolysis) is 2. The number of fused-ring (bicyclic) bond motifs is 2. The molecule has 0 unspecified atom stereocenters. The fourth-order valence-corrected chi connectivity index (χ4v) is 12.6. The van der Waals surface area contributed by atoms with E-state index in [0.717, 1.165) is 34.0 Å². The molecule has 6 aromatic rings. The Hall–Kier alpha value is -8.77. The van der Waals surface area contributed by atoms with E-state index in [1.807, 2.05) is 157 Å². The summed E-state index contributed by atoms with van der Waals surface area (Å²) in [6.07, 6.45) is 2.46. The number of carboxylic acids is 1. The second-order valence-electron chi connectivity index (χ2n) is 26.9. The zero-order valence-corrected chi connectivity index (χ0v) is 60.8. The maximum absolute atomic E-state index is 14.5. The highest BCUT2D eigenvalue weighted by molar-refractivity contribution is 8.13. The molecular weight excluding hydrogens is 1290 g/mol. The van der Waals surface area contributed by atoms with Gasteiger partial charge in [-0.15, -0.1) is 11.8 Å². The van der Waals surface area contributed by atoms with Crippen LogP contribution in [0.1, 0.15) is 122 Å². The number of aromatic nitrogens is 2. The quantitative estimate of drug-likeness (QED) is 0.0144. The normalized spacial score (nSPS) is 17.6. The number of methoxy groups -OCH3 is 3. The fourth-order valence-electron chi connectivity index (χ4n) is 11.6. The number of carbonyl (C=O) groups excluding carboxylic acids is 5. The second-order valence-corrected chi connectivity index (χ2v) is 28.2. The summed E-state index contributed by atoms with van der Waals surface area (Å²) in [7, 11) is 4.56. The van der Waals surface area contributed by atoms with Crippen LogP contribution in [-0.4, -0.2) is 171 Å². The molecule has 0 spiro atoms. The average molecular weight is 1390 g/mol. The molecule has 98 heavy (non-hydrogen) atoms. The van der Waals surface area contributed by atoms with Gasteiger partial charge in [0.15, 0.2) is 0 Å². The lowest BCUT2D eigenvalue weighted by Gasteiger charge is -2.32. The number of nitrogens with zero attached hydrogens (tertiary/aromatic N) is 5. The predicted molar refractivity (Wildman–Crippen MR) is 386 cm³/mol. The number of thiocarbonyl (C=S) groups is 1. The van der Waals surface area contributed by atoms with E-state index in [1.165, 1.54) is 18.9 Å². The number of aliphatic imine (C=N–C) groups is 1. The molecule has 4 heterocycles. The molecule has 8 rings (SSSR count). The summed E-state index contributed by atoms with van der Waals surface area (Å²) in [6.45, 7) is 22.2. The van der Waals surface area contributed by atoms with Gasteiger partial charge in [-0.3, -0.25) is 14.6 Å². The number of likely N-dealkylation sites (tertiary alicyclic amines) is 2. The summed E-state index contributed by atoms with van der Waals surface area (Å²) in [5, 5.41) is 20.5. The minimum Gasteiger partial charge on any atom is -0.497 e. The number of aliphatic carboxylic acids is 1. The lowest BCUT2D eigenvalue weighted by molar-refractivity contribution is -0.142. The Balaban J connectivity index is 0.000000276. The molecule has 2 aliphatic rings. The van der Waals surface area contributed by atoms with Crippen molar-refractivity contribution in [1.82, 2.24) is 35.7 Å². The van der Waals surface area contributed by atoms with Crippen molar-refractivity contribution < 1.29 is 67.0 Å². The number of esters is 1. The molecule has 0 radical (unpaired) electrons. The van der Waals surface area contributed by atoms with Crippen LogP contribution in [0, 0.1) is 11.8 Å². The van der Waals surface area contributed by atoms with Crippen LogP contribution < -0.4 is 34.9 Å². The molecule has 24 heteroatoms. The maximum Gasteiger partial charge on any atom is 0.408 e. The van der Waals surface area contributed by atoms with Gasteiger partial charge in [-0.1, -0.05) is 127 Å². The van der Waals surface area contributed by atoms with Crippen molar-refractivity contribution in [2.75, 3.05) is 40.7 Å². The number of benzene rings is 4. The van der Waals surface area contributed by atoms with Gasteiger partial charge >= 0.3 is 24.1 Å². The first-order valence-electron chi connectivity index (χ1n) is 33.2. The molecule has 2 saturated heterocycles. The molecule has 0 bridgehead atoms. The Bertz CT molecular complexity index is 3790. The summed E-state index contributed by atoms with van der Waals surface area (Å²) in [5.74, 6) is -0.143. The average Bonchev–Trinajstić information content (AvgIpc) is 1.37. The first kappa shape index (κ1) is 76.6. The van der Waals surface area contributed by atoms with Crippen molar-refractivity contribution in [3.63, 3.8) is 0 Å². The molecule has 2 aromatic heterocycles. The molecule has 0 saturated carbocycles. The van der Waals surface area contributed by atoms with Crippen molar-refractivity contribution in [3.8, 4) is 45.5 Å². The third kappa shape index (κ3) is 20.6. The van der Waals surface area contributed by atoms with Crippen molar-refractivity contribution in [2.45, 2.75) is 181 Å². The zero-order valence-electron chi connectivity index (χ0n) is 59.1. The van der Waals surface area contributed by atoms with E-state index in [1.54, 1.807) is 65.6 Å². The van der Waals surface area contributed by atoms with E-state index in [-0.39, 0.29) is 41.7 Å². The number of hydrogen-bond acceptors (Lipinski definition) is 18. The van der Waals surface area contributed by atoms with Crippen molar-refractivity contribution in [3.05, 3.63) is 109 Å². The van der Waals surface area contributed by atoms with Crippen molar-refractivity contribution in [2.24, 2.45) is 16.8 Å². The van der Waals surface area contributed by atoms with Gasteiger partial charge in [-0.25, -0.2) is 29.1 Å². The molecule has 22 nitrogen and oxygen atoms in total. The molecule has 4 aromatic carbocycles. The summed E-state index contributed by atoms with van der Waals surface area (Å²) in [6, 6.07) is 30.0. The first-order chi connectivity index (χ1) is 46.5. The number of amides is 4. The number of rotatable bonds is 24. The molecule has 8 atom stereocenters. The summed E-state index contributed by atoms with van der Waals surface area (Å²) in [5.41, 5.74) is 3.16. The maximum atomic E-state index is 14.5. The van der Waals surface area contributed by atoms with E-state index in [2.05, 4.69) is 16.0 Å². The van der Waals surface area contributed by atoms with Crippen LogP contribution in [0.3, 0.4) is 0 Å². The summed E-state index contributed by atoms with van der Waals surface area (Å²) >= 11 is 7.16. The van der Waals surface area contributed by atoms with Gasteiger partial charge in [-0.05, 0) is 96.7 Å². The van der Waals surface area contributed by atoms with Crippen molar-refractivity contribution in [1.29, 1.82) is 0 Å². The largest absolute Gasteiger partial charge is 0.497 e. The molecule has 4 N–H and O–H groups in total. The number of thioether (sulfide) groups is 1. The van der Waals surface area contributed by atoms with Crippen LogP contribution in [0.2, 0.25) is 0 Å². The fraction of sp³-hybridized carbons (Fsp3) is 0.486. The van der Waals surface area contributed by atoms with Crippen LogP contribution in [0.4, 0.5) is 9.59 Å². The molecular formula is C74H96N8O14S2. The molecule has 2 aliphatic heterocycles. The van der Waals surface area contributed by atoms with Crippen LogP contribution in [0.5, 0.6) is 23.0 Å². The number of hydrogen-bond donors (Lipinski definition) is 4. The van der Waals surface area contributed by atoms with E-state index < -0.39 is 83.8 Å². The standard InChI is InChI=1S/C38H50N4O7S.C36H46N4O7S/c1-10-14-28(36(44)47-8)40-34(50-9)31-20-26(22-42(31)35(43)33(23(2)3)41-37(45)49-38(4,5)6)48-32-21-29(24-15-12-11-13-16-24)39-30-19-25(46-7)17-18-27(30)32;1-8-12-26(34(42)43)38-32(48)29-18-24(20-40(29)33(41)31(21(2)3)39-35(44)47-36(4,5)6)46-30-19-27(22-13-10-9-11-14-22)37-28-17-23(45-7)15-16-25(28)30/h11-13,15-19,21,23,26,28,31,33H,10,14,20,22H2,1-9H3,(H,41,45);9-11,13-17,19,21,24,26,29,31H,8,12,18,20H2,1-7H3,(H,38,48)(H,39,44)(H,42,43)/t26-,28+,31+,33+;24-,26+,29+,31+/m11/s1. The van der Waals surface area contributed by atoms with Gasteiger partial charge in [0.25, 0.3) is 0 Å². The first-order valence-corrected chi connectivity index (χ1v) is 34.9. The zero-order chi connectivity index (χ0) is 71.8. The number of nitrogens with one attached hydrogen (secondary N) is 3. The lowest BCUT2D eigenvalue weighted by Crippen LogP contribution is -2.56. The Morgan fingerprint density at radius 2 is 1.05 bits per heavy atom. The number of pyridine rings is 2. The van der Waals surface area contributed by atoms with Gasteiger partial charge in [0, 0.05) is 59.0 Å². The third-order valence-corrected chi connectivity index (χ3v) is 17.5. The molecule has 2 fully saturated rings. The van der Waals surface area contributed by atoms with Gasteiger partial charge in [0.1, 0.15) is 70.6 Å². The highest BCUT2D eigenvalue weighted by atomic mass is 32.2. The highest BCUT2D eigenvalue weighted by Gasteiger charge is 2.45. The topological polar surface area (TPSA) is 268 Å². The van der Waals surface area contributed by atoms with Gasteiger partial charge < -0.3 is 64.0 Å². The monoisotopic (exact) mass is 1380 g/mol. The van der Waals surface area contributed by atoms with E-state index in [0.29, 0.717) is 76.9 Å². The van der Waals surface area contributed by atoms with Gasteiger partial charge in [-0.2, -0.15) is 0 Å². The van der Waals surface area contributed by atoms with Crippen LogP contribution in [0.25, 0.3) is 44.3 Å². The van der Waals surface area contributed by atoms with Crippen molar-refractivity contribution >= 4 is 91.8 Å². The minimum atomic E-state index is -1.03.